The highest BCUT2D eigenvalue weighted by Gasteiger charge is 2.21. The molecule has 0 fully saturated rings. The van der Waals surface area contributed by atoms with Gasteiger partial charge in [0.15, 0.2) is 16.6 Å². The first kappa shape index (κ1) is 20.6. The van der Waals surface area contributed by atoms with Crippen LogP contribution < -0.4 is 14.4 Å². The number of hydrogen-bond acceptors (Lipinski definition) is 7. The molecule has 0 bridgehead atoms. The summed E-state index contributed by atoms with van der Waals surface area (Å²) >= 11 is 3.08. The zero-order valence-corrected chi connectivity index (χ0v) is 17.9. The van der Waals surface area contributed by atoms with Crippen LogP contribution >= 0.6 is 35.1 Å². The third-order valence-corrected chi connectivity index (χ3v) is 5.95. The Hall–Kier alpha value is -2.13. The van der Waals surface area contributed by atoms with Gasteiger partial charge in [-0.3, -0.25) is 9.69 Å². The fourth-order valence-corrected chi connectivity index (χ4v) is 4.28. The predicted octanol–water partition coefficient (Wildman–Crippen LogP) is 4.12. The number of likely N-dealkylation sites (N-methyl/N-ethyl adjacent to an activating group) is 1. The maximum Gasteiger partial charge on any atom is 0.252 e. The van der Waals surface area contributed by atoms with E-state index in [1.54, 1.807) is 22.3 Å². The molecule has 28 heavy (non-hydrogen) atoms. The van der Waals surface area contributed by atoms with Crippen LogP contribution in [0.2, 0.25) is 0 Å². The van der Waals surface area contributed by atoms with Crippen molar-refractivity contribution in [3.63, 3.8) is 0 Å². The minimum absolute atomic E-state index is 0. The smallest absolute Gasteiger partial charge is 0.252 e. The average molecular weight is 438 g/mol. The number of halogens is 1. The lowest BCUT2D eigenvalue weighted by atomic mass is 10.3. The molecule has 0 spiro atoms. The standard InChI is InChI=1S/C19H19N3O3S2.ClH/c1-21(2)7-8-22(18(23)6-5-13-4-3-9-26-13)19-20-14-10-15-16(25-12-24-15)11-17(14)27-19;/h3-6,9-11H,7-8,12H2,1-2H3;1H. The molecule has 2 aromatic heterocycles. The Labute approximate surface area is 177 Å². The minimum Gasteiger partial charge on any atom is -0.454 e. The molecule has 1 aliphatic rings. The van der Waals surface area contributed by atoms with Crippen molar-refractivity contribution < 1.29 is 14.3 Å². The Kier molecular flexibility index (Phi) is 6.56. The van der Waals surface area contributed by atoms with Gasteiger partial charge in [-0.2, -0.15) is 0 Å². The second-order valence-corrected chi connectivity index (χ2v) is 8.30. The molecule has 4 rings (SSSR count). The third kappa shape index (κ3) is 4.47. The van der Waals surface area contributed by atoms with Crippen LogP contribution in [0.1, 0.15) is 4.88 Å². The van der Waals surface area contributed by atoms with Crippen LogP contribution in [0.3, 0.4) is 0 Å². The van der Waals surface area contributed by atoms with Crippen LogP contribution in [-0.2, 0) is 4.79 Å². The number of carbonyl (C=O) groups is 1. The highest BCUT2D eigenvalue weighted by Crippen LogP contribution is 2.39. The number of fused-ring (bicyclic) bond motifs is 2. The highest BCUT2D eigenvalue weighted by molar-refractivity contribution is 7.22. The molecular formula is C19H20ClN3O3S2. The lowest BCUT2D eigenvalue weighted by Crippen LogP contribution is -2.35. The summed E-state index contributed by atoms with van der Waals surface area (Å²) in [7, 11) is 3.98. The lowest BCUT2D eigenvalue weighted by molar-refractivity contribution is -0.114. The van der Waals surface area contributed by atoms with Gasteiger partial charge in [-0.15, -0.1) is 23.7 Å². The molecule has 0 unspecified atom stereocenters. The van der Waals surface area contributed by atoms with E-state index in [9.17, 15) is 4.79 Å². The minimum atomic E-state index is -0.0793. The fraction of sp³-hybridized carbons (Fsp3) is 0.263. The van der Waals surface area contributed by atoms with E-state index in [1.807, 2.05) is 54.7 Å². The maximum atomic E-state index is 12.9. The molecule has 148 valence electrons. The molecule has 1 amide bonds. The summed E-state index contributed by atoms with van der Waals surface area (Å²) in [4.78, 5) is 22.4. The fourth-order valence-electron chi connectivity index (χ4n) is 2.65. The van der Waals surface area contributed by atoms with Crippen molar-refractivity contribution in [3.05, 3.63) is 40.6 Å². The summed E-state index contributed by atoms with van der Waals surface area (Å²) in [6.45, 7) is 1.55. The molecule has 0 atom stereocenters. The molecule has 1 aromatic carbocycles. The van der Waals surface area contributed by atoms with E-state index in [-0.39, 0.29) is 25.1 Å². The largest absolute Gasteiger partial charge is 0.454 e. The van der Waals surface area contributed by atoms with Gasteiger partial charge in [-0.1, -0.05) is 17.4 Å². The number of nitrogens with zero attached hydrogens (tertiary/aromatic N) is 3. The van der Waals surface area contributed by atoms with E-state index >= 15 is 0 Å². The second kappa shape index (κ2) is 8.91. The predicted molar refractivity (Wildman–Crippen MR) is 117 cm³/mol. The SMILES string of the molecule is CN(C)CCN(C(=O)C=Cc1cccs1)c1nc2cc3c(cc2s1)OCO3.Cl. The van der Waals surface area contributed by atoms with Gasteiger partial charge in [0.1, 0.15) is 0 Å². The number of thiophene rings is 1. The average Bonchev–Trinajstić information content (AvgIpc) is 3.37. The van der Waals surface area contributed by atoms with E-state index < -0.39 is 0 Å². The first-order chi connectivity index (χ1) is 13.1. The number of ether oxygens (including phenoxy) is 2. The Morgan fingerprint density at radius 2 is 2.04 bits per heavy atom. The first-order valence-electron chi connectivity index (χ1n) is 8.48. The zero-order valence-electron chi connectivity index (χ0n) is 15.5. The van der Waals surface area contributed by atoms with Crippen LogP contribution in [0.15, 0.2) is 35.7 Å². The molecule has 0 saturated heterocycles. The zero-order chi connectivity index (χ0) is 18.8. The molecule has 9 heteroatoms. The molecule has 3 heterocycles. The van der Waals surface area contributed by atoms with Gasteiger partial charge in [-0.05, 0) is 31.6 Å². The molecule has 0 N–H and O–H groups in total. The van der Waals surface area contributed by atoms with E-state index in [1.165, 1.54) is 11.3 Å². The van der Waals surface area contributed by atoms with Gasteiger partial charge in [0, 0.05) is 36.2 Å². The van der Waals surface area contributed by atoms with Gasteiger partial charge >= 0.3 is 0 Å². The monoisotopic (exact) mass is 437 g/mol. The molecule has 1 aliphatic heterocycles. The van der Waals surface area contributed by atoms with Crippen LogP contribution in [0.5, 0.6) is 11.5 Å². The summed E-state index contributed by atoms with van der Waals surface area (Å²) in [5.74, 6) is 1.34. The van der Waals surface area contributed by atoms with Gasteiger partial charge in [-0.25, -0.2) is 4.98 Å². The van der Waals surface area contributed by atoms with Gasteiger partial charge in [0.2, 0.25) is 6.79 Å². The number of aromatic nitrogens is 1. The maximum absolute atomic E-state index is 12.9. The quantitative estimate of drug-likeness (QED) is 0.543. The van der Waals surface area contributed by atoms with Crippen molar-refractivity contribution in [2.45, 2.75) is 0 Å². The number of rotatable bonds is 6. The van der Waals surface area contributed by atoms with Crippen molar-refractivity contribution >= 4 is 62.4 Å². The Morgan fingerprint density at radius 1 is 1.25 bits per heavy atom. The van der Waals surface area contributed by atoms with Crippen molar-refractivity contribution in [2.75, 3.05) is 38.9 Å². The summed E-state index contributed by atoms with van der Waals surface area (Å²) < 4.78 is 11.8. The van der Waals surface area contributed by atoms with Gasteiger partial charge in [0.05, 0.1) is 10.2 Å². The first-order valence-corrected chi connectivity index (χ1v) is 10.2. The van der Waals surface area contributed by atoms with Crippen LogP contribution in [-0.4, -0.2) is 49.8 Å². The van der Waals surface area contributed by atoms with Crippen molar-refractivity contribution in [1.29, 1.82) is 0 Å². The van der Waals surface area contributed by atoms with Crippen LogP contribution in [0.25, 0.3) is 16.3 Å². The van der Waals surface area contributed by atoms with Crippen molar-refractivity contribution in [1.82, 2.24) is 9.88 Å². The van der Waals surface area contributed by atoms with Crippen molar-refractivity contribution in [2.24, 2.45) is 0 Å². The number of thiazole rings is 1. The van der Waals surface area contributed by atoms with E-state index in [0.29, 0.717) is 17.4 Å². The number of benzene rings is 1. The van der Waals surface area contributed by atoms with Crippen LogP contribution in [0, 0.1) is 0 Å². The van der Waals surface area contributed by atoms with Crippen LogP contribution in [0.4, 0.5) is 5.13 Å². The second-order valence-electron chi connectivity index (χ2n) is 6.31. The highest BCUT2D eigenvalue weighted by atomic mass is 35.5. The number of carbonyl (C=O) groups excluding carboxylic acids is 1. The summed E-state index contributed by atoms with van der Waals surface area (Å²) in [6.07, 6.45) is 3.46. The Morgan fingerprint density at radius 3 is 2.75 bits per heavy atom. The number of anilines is 1. The molecule has 6 nitrogen and oxygen atoms in total. The molecular weight excluding hydrogens is 418 g/mol. The number of hydrogen-bond donors (Lipinski definition) is 0. The number of amides is 1. The van der Waals surface area contributed by atoms with Crippen molar-refractivity contribution in [3.8, 4) is 11.5 Å². The molecule has 0 saturated carbocycles. The lowest BCUT2D eigenvalue weighted by Gasteiger charge is -2.20. The van der Waals surface area contributed by atoms with E-state index in [4.69, 9.17) is 9.47 Å². The Balaban J connectivity index is 0.00000225. The summed E-state index contributed by atoms with van der Waals surface area (Å²) in [5.41, 5.74) is 0.809. The third-order valence-electron chi connectivity index (χ3n) is 4.07. The summed E-state index contributed by atoms with van der Waals surface area (Å²) in [5, 5.41) is 2.67. The van der Waals surface area contributed by atoms with Gasteiger partial charge in [0.25, 0.3) is 5.91 Å². The van der Waals surface area contributed by atoms with E-state index in [0.717, 1.165) is 27.4 Å². The summed E-state index contributed by atoms with van der Waals surface area (Å²) in [6, 6.07) is 7.75. The van der Waals surface area contributed by atoms with Gasteiger partial charge < -0.3 is 14.4 Å². The van der Waals surface area contributed by atoms with E-state index in [2.05, 4.69) is 4.98 Å². The normalized spacial score (nSPS) is 12.7. The molecule has 0 aliphatic carbocycles. The molecule has 0 radical (unpaired) electrons. The molecule has 3 aromatic rings. The topological polar surface area (TPSA) is 54.9 Å². The Bertz CT molecular complexity index is 945.